The molecule has 0 spiro atoms. The summed E-state index contributed by atoms with van der Waals surface area (Å²) in [4.78, 5) is 2.67. The first-order valence-corrected chi connectivity index (χ1v) is 8.75. The fourth-order valence-corrected chi connectivity index (χ4v) is 4.31. The van der Waals surface area contributed by atoms with Gasteiger partial charge in [-0.25, -0.2) is 0 Å². The van der Waals surface area contributed by atoms with Crippen molar-refractivity contribution in [3.63, 3.8) is 0 Å². The highest BCUT2D eigenvalue weighted by atomic mass is 16.5. The van der Waals surface area contributed by atoms with Crippen LogP contribution in [0.1, 0.15) is 25.3 Å². The van der Waals surface area contributed by atoms with Crippen molar-refractivity contribution in [2.45, 2.75) is 32.2 Å². The van der Waals surface area contributed by atoms with Crippen LogP contribution in [0.3, 0.4) is 0 Å². The average Bonchev–Trinajstić information content (AvgIpc) is 3.02. The summed E-state index contributed by atoms with van der Waals surface area (Å²) in [5, 5.41) is 1.22. The molecule has 3 heterocycles. The van der Waals surface area contributed by atoms with Gasteiger partial charge in [0.25, 0.3) is 0 Å². The maximum absolute atomic E-state index is 5.72. The van der Waals surface area contributed by atoms with Crippen LogP contribution in [0.15, 0.2) is 41.0 Å². The summed E-state index contributed by atoms with van der Waals surface area (Å²) in [7, 11) is 1.69. The number of hydrogen-bond acceptors (Lipinski definition) is 3. The number of ether oxygens (including phenoxy) is 1. The summed E-state index contributed by atoms with van der Waals surface area (Å²) >= 11 is 0. The molecule has 3 heteroatoms. The Morgan fingerprint density at radius 3 is 3.00 bits per heavy atom. The summed E-state index contributed by atoms with van der Waals surface area (Å²) in [6, 6.07) is 6.74. The standard InChI is InChI=1S/C20H25NO2/c1-3-15-10-14-4-7-19(15)21(12-14)9-8-16-13-23-20-11-17(22-2)5-6-18(16)20/h4-7,11,13-15,19H,3,8-10,12H2,1-2H3. The Hall–Kier alpha value is -1.74. The second-order valence-electron chi connectivity index (χ2n) is 6.91. The molecule has 1 aromatic carbocycles. The zero-order chi connectivity index (χ0) is 15.8. The Morgan fingerprint density at radius 1 is 1.30 bits per heavy atom. The van der Waals surface area contributed by atoms with E-state index in [2.05, 4.69) is 30.0 Å². The van der Waals surface area contributed by atoms with Crippen molar-refractivity contribution in [2.24, 2.45) is 11.8 Å². The van der Waals surface area contributed by atoms with Gasteiger partial charge in [-0.2, -0.15) is 0 Å². The highest BCUT2D eigenvalue weighted by Crippen LogP contribution is 2.36. The zero-order valence-electron chi connectivity index (χ0n) is 14.0. The molecule has 122 valence electrons. The van der Waals surface area contributed by atoms with Crippen LogP contribution in [0.25, 0.3) is 11.0 Å². The average molecular weight is 311 g/mol. The molecule has 1 aromatic heterocycles. The van der Waals surface area contributed by atoms with E-state index >= 15 is 0 Å². The van der Waals surface area contributed by atoms with Crippen molar-refractivity contribution in [1.29, 1.82) is 0 Å². The number of piperidine rings is 1. The number of nitrogens with zero attached hydrogens (tertiary/aromatic N) is 1. The molecule has 1 fully saturated rings. The van der Waals surface area contributed by atoms with Crippen LogP contribution in [0, 0.1) is 11.8 Å². The third kappa shape index (κ3) is 2.67. The molecule has 3 unspecified atom stereocenters. The first-order valence-electron chi connectivity index (χ1n) is 8.75. The van der Waals surface area contributed by atoms with Gasteiger partial charge in [-0.3, -0.25) is 4.90 Å². The van der Waals surface area contributed by atoms with Crippen molar-refractivity contribution in [3.05, 3.63) is 42.2 Å². The summed E-state index contributed by atoms with van der Waals surface area (Å²) in [5.74, 6) is 2.45. The van der Waals surface area contributed by atoms with Crippen molar-refractivity contribution in [1.82, 2.24) is 4.90 Å². The maximum Gasteiger partial charge on any atom is 0.137 e. The smallest absolute Gasteiger partial charge is 0.137 e. The highest BCUT2D eigenvalue weighted by molar-refractivity contribution is 5.82. The van der Waals surface area contributed by atoms with Crippen LogP contribution in [-0.4, -0.2) is 31.1 Å². The zero-order valence-corrected chi connectivity index (χ0v) is 14.0. The van der Waals surface area contributed by atoms with Gasteiger partial charge in [0.1, 0.15) is 11.3 Å². The van der Waals surface area contributed by atoms with Crippen molar-refractivity contribution >= 4 is 11.0 Å². The van der Waals surface area contributed by atoms with E-state index in [0.29, 0.717) is 6.04 Å². The van der Waals surface area contributed by atoms with Crippen molar-refractivity contribution < 1.29 is 9.15 Å². The summed E-state index contributed by atoms with van der Waals surface area (Å²) in [6.07, 6.45) is 10.5. The Bertz CT molecular complexity index is 718. The largest absolute Gasteiger partial charge is 0.497 e. The fraction of sp³-hybridized carbons (Fsp3) is 0.500. The van der Waals surface area contributed by atoms with Crippen LogP contribution in [0.5, 0.6) is 5.75 Å². The molecule has 1 saturated heterocycles. The van der Waals surface area contributed by atoms with E-state index in [0.717, 1.165) is 36.1 Å². The van der Waals surface area contributed by atoms with Crippen LogP contribution in [0.2, 0.25) is 0 Å². The van der Waals surface area contributed by atoms with Crippen LogP contribution >= 0.6 is 0 Å². The molecule has 3 aliphatic rings. The summed E-state index contributed by atoms with van der Waals surface area (Å²) < 4.78 is 11.0. The van der Waals surface area contributed by atoms with E-state index in [9.17, 15) is 0 Å². The molecule has 0 saturated carbocycles. The van der Waals surface area contributed by atoms with Gasteiger partial charge in [-0.15, -0.1) is 0 Å². The molecule has 3 atom stereocenters. The Kier molecular flexibility index (Phi) is 3.90. The predicted octanol–water partition coefficient (Wildman–Crippen LogP) is 4.27. The van der Waals surface area contributed by atoms with E-state index in [-0.39, 0.29) is 0 Å². The van der Waals surface area contributed by atoms with E-state index in [4.69, 9.17) is 9.15 Å². The normalized spacial score (nSPS) is 27.0. The van der Waals surface area contributed by atoms with Crippen LogP contribution < -0.4 is 4.74 Å². The predicted molar refractivity (Wildman–Crippen MR) is 92.9 cm³/mol. The quantitative estimate of drug-likeness (QED) is 0.771. The minimum absolute atomic E-state index is 0.642. The lowest BCUT2D eigenvalue weighted by Crippen LogP contribution is -2.50. The Labute approximate surface area is 137 Å². The molecule has 1 aliphatic carbocycles. The van der Waals surface area contributed by atoms with E-state index < -0.39 is 0 Å². The molecule has 2 aromatic rings. The number of hydrogen-bond donors (Lipinski definition) is 0. The van der Waals surface area contributed by atoms with Crippen LogP contribution in [-0.2, 0) is 6.42 Å². The van der Waals surface area contributed by atoms with Crippen LogP contribution in [0.4, 0.5) is 0 Å². The first-order chi connectivity index (χ1) is 11.3. The molecular weight excluding hydrogens is 286 g/mol. The lowest BCUT2D eigenvalue weighted by Gasteiger charge is -2.46. The summed E-state index contributed by atoms with van der Waals surface area (Å²) in [6.45, 7) is 4.66. The van der Waals surface area contributed by atoms with Gasteiger partial charge in [0, 0.05) is 30.6 Å². The topological polar surface area (TPSA) is 25.6 Å². The van der Waals surface area contributed by atoms with Gasteiger partial charge in [-0.05, 0) is 42.4 Å². The molecular formula is C20H25NO2. The fourth-order valence-electron chi connectivity index (χ4n) is 4.31. The van der Waals surface area contributed by atoms with E-state index in [1.807, 2.05) is 18.4 Å². The molecule has 5 rings (SSSR count). The minimum Gasteiger partial charge on any atom is -0.497 e. The second kappa shape index (κ2) is 6.04. The van der Waals surface area contributed by atoms with E-state index in [1.54, 1.807) is 7.11 Å². The van der Waals surface area contributed by atoms with Gasteiger partial charge in [-0.1, -0.05) is 25.5 Å². The number of fused-ring (bicyclic) bond motifs is 3. The SMILES string of the molecule is CCC1CC2C=CC1N(CCc1coc3cc(OC)ccc13)C2. The first kappa shape index (κ1) is 14.8. The molecule has 3 nitrogen and oxygen atoms in total. The molecule has 2 bridgehead atoms. The lowest BCUT2D eigenvalue weighted by atomic mass is 9.76. The van der Waals surface area contributed by atoms with Crippen molar-refractivity contribution in [2.75, 3.05) is 20.2 Å². The minimum atomic E-state index is 0.642. The number of furan rings is 1. The molecule has 0 N–H and O–H groups in total. The lowest BCUT2D eigenvalue weighted by molar-refractivity contribution is 0.0826. The number of methoxy groups -OCH3 is 1. The van der Waals surface area contributed by atoms with Gasteiger partial charge >= 0.3 is 0 Å². The van der Waals surface area contributed by atoms with Crippen molar-refractivity contribution in [3.8, 4) is 5.75 Å². The van der Waals surface area contributed by atoms with Gasteiger partial charge in [0.2, 0.25) is 0 Å². The maximum atomic E-state index is 5.72. The number of benzene rings is 1. The third-order valence-electron chi connectivity index (χ3n) is 5.62. The second-order valence-corrected chi connectivity index (χ2v) is 6.91. The number of rotatable bonds is 5. The van der Waals surface area contributed by atoms with Gasteiger partial charge in [0.15, 0.2) is 0 Å². The molecule has 0 amide bonds. The van der Waals surface area contributed by atoms with Gasteiger partial charge in [0.05, 0.1) is 13.4 Å². The molecule has 23 heavy (non-hydrogen) atoms. The van der Waals surface area contributed by atoms with E-state index in [1.165, 1.54) is 30.3 Å². The molecule has 2 aliphatic heterocycles. The monoisotopic (exact) mass is 311 g/mol. The summed E-state index contributed by atoms with van der Waals surface area (Å²) in [5.41, 5.74) is 2.23. The highest BCUT2D eigenvalue weighted by Gasteiger charge is 2.35. The Morgan fingerprint density at radius 2 is 2.22 bits per heavy atom. The third-order valence-corrected chi connectivity index (χ3v) is 5.62. The molecule has 0 radical (unpaired) electrons. The van der Waals surface area contributed by atoms with Gasteiger partial charge < -0.3 is 9.15 Å². The Balaban J connectivity index is 1.48.